The summed E-state index contributed by atoms with van der Waals surface area (Å²) in [5.74, 6) is -2.30. The minimum Gasteiger partial charge on any atom is -0.481 e. The predicted octanol–water partition coefficient (Wildman–Crippen LogP) is 2.36. The number of carbonyl (C=O) groups is 3. The number of rotatable bonds is 11. The van der Waals surface area contributed by atoms with Crippen molar-refractivity contribution in [3.8, 4) is 0 Å². The van der Waals surface area contributed by atoms with Crippen LogP contribution < -0.4 is 16.8 Å². The molecule has 0 aliphatic rings. The molecule has 1 amide bonds. The van der Waals surface area contributed by atoms with Gasteiger partial charge in [-0.3, -0.25) is 9.59 Å². The number of anilines is 2. The number of aliphatic carboxylic acids is 2. The summed E-state index contributed by atoms with van der Waals surface area (Å²) < 4.78 is 0. The van der Waals surface area contributed by atoms with E-state index in [0.29, 0.717) is 22.8 Å². The van der Waals surface area contributed by atoms with Crippen molar-refractivity contribution in [2.24, 2.45) is 0 Å². The number of amides is 1. The number of H-pyrrole nitrogens is 1. The van der Waals surface area contributed by atoms with Crippen LogP contribution in [0.1, 0.15) is 58.6 Å². The number of aromatic nitrogens is 3. The van der Waals surface area contributed by atoms with Crippen LogP contribution in [0.3, 0.4) is 0 Å². The third-order valence-electron chi connectivity index (χ3n) is 5.42. The van der Waals surface area contributed by atoms with E-state index in [-0.39, 0.29) is 24.7 Å². The highest BCUT2D eigenvalue weighted by molar-refractivity contribution is 7.14. The summed E-state index contributed by atoms with van der Waals surface area (Å²) in [5, 5.41) is 21.2. The van der Waals surface area contributed by atoms with Gasteiger partial charge in [-0.25, -0.2) is 4.79 Å². The Bertz CT molecular complexity index is 1170. The topological polar surface area (TPSA) is 197 Å². The summed E-state index contributed by atoms with van der Waals surface area (Å²) in [6.45, 7) is 2.06. The largest absolute Gasteiger partial charge is 0.481 e. The molecule has 0 saturated carbocycles. The molecule has 12 heteroatoms. The first-order valence-corrected chi connectivity index (χ1v) is 11.2. The summed E-state index contributed by atoms with van der Waals surface area (Å²) in [6, 6.07) is 2.27. The molecule has 1 unspecified atom stereocenters. The van der Waals surface area contributed by atoms with Crippen molar-refractivity contribution in [2.45, 2.75) is 51.0 Å². The minimum atomic E-state index is -1.27. The number of aryl methyl sites for hydroxylation is 1. The van der Waals surface area contributed by atoms with E-state index in [9.17, 15) is 19.5 Å². The number of fused-ring (bicyclic) bond motifs is 1. The third kappa shape index (κ3) is 5.77. The van der Waals surface area contributed by atoms with Gasteiger partial charge in [-0.1, -0.05) is 6.92 Å². The van der Waals surface area contributed by atoms with Gasteiger partial charge in [0.15, 0.2) is 0 Å². The molecule has 0 radical (unpaired) electrons. The van der Waals surface area contributed by atoms with Gasteiger partial charge in [0, 0.05) is 17.5 Å². The van der Waals surface area contributed by atoms with E-state index in [2.05, 4.69) is 27.2 Å². The first-order chi connectivity index (χ1) is 15.7. The molecule has 0 saturated heterocycles. The smallest absolute Gasteiger partial charge is 0.326 e. The van der Waals surface area contributed by atoms with Crippen molar-refractivity contribution < 1.29 is 24.6 Å². The number of hydrogen-bond acceptors (Lipinski definition) is 8. The van der Waals surface area contributed by atoms with Gasteiger partial charge in [0.2, 0.25) is 5.95 Å². The molecule has 176 valence electrons. The standard InChI is InChI=1S/C21H26N6O5S/c1-2-10(3-4-11-9-24-18-16(11)17(22)26-21(23)27-18)13-6-7-14(33-13)19(30)25-12(20(31)32)5-8-15(28)29/h6-7,9-10,12H,2-5,8H2,1H3,(H,25,30)(H,28,29)(H,31,32)(H5,22,23,24,26,27)/t10?,12-/m0/s1. The molecule has 0 spiro atoms. The molecule has 0 fully saturated rings. The Kier molecular flexibility index (Phi) is 7.48. The molecule has 0 bridgehead atoms. The maximum Gasteiger partial charge on any atom is 0.326 e. The van der Waals surface area contributed by atoms with Crippen LogP contribution in [-0.2, 0) is 16.0 Å². The highest BCUT2D eigenvalue weighted by Gasteiger charge is 2.23. The fraction of sp³-hybridized carbons (Fsp3) is 0.381. The van der Waals surface area contributed by atoms with Crippen LogP contribution in [0.4, 0.5) is 11.8 Å². The van der Waals surface area contributed by atoms with E-state index in [1.807, 2.05) is 12.3 Å². The molecular formula is C21H26N6O5S. The monoisotopic (exact) mass is 474 g/mol. The van der Waals surface area contributed by atoms with Crippen molar-refractivity contribution in [1.29, 1.82) is 0 Å². The van der Waals surface area contributed by atoms with Gasteiger partial charge >= 0.3 is 11.9 Å². The fourth-order valence-electron chi connectivity index (χ4n) is 3.67. The number of hydrogen-bond donors (Lipinski definition) is 6. The highest BCUT2D eigenvalue weighted by atomic mass is 32.1. The molecule has 0 aliphatic carbocycles. The van der Waals surface area contributed by atoms with Gasteiger partial charge in [0.25, 0.3) is 5.91 Å². The normalized spacial score (nSPS) is 13.0. The molecule has 8 N–H and O–H groups in total. The Morgan fingerprint density at radius 1 is 1.18 bits per heavy atom. The van der Waals surface area contributed by atoms with Gasteiger partial charge < -0.3 is 32.0 Å². The van der Waals surface area contributed by atoms with Crippen LogP contribution in [-0.4, -0.2) is 49.1 Å². The Morgan fingerprint density at radius 2 is 1.94 bits per heavy atom. The van der Waals surface area contributed by atoms with Crippen LogP contribution in [0.5, 0.6) is 0 Å². The zero-order valence-corrected chi connectivity index (χ0v) is 18.8. The molecule has 0 aliphatic heterocycles. The maximum atomic E-state index is 12.5. The van der Waals surface area contributed by atoms with Gasteiger partial charge in [-0.2, -0.15) is 9.97 Å². The number of nitrogens with one attached hydrogen (secondary N) is 2. The quantitative estimate of drug-likeness (QED) is 0.241. The first kappa shape index (κ1) is 24.0. The number of carboxylic acids is 2. The lowest BCUT2D eigenvalue weighted by molar-refractivity contribution is -0.140. The van der Waals surface area contributed by atoms with E-state index < -0.39 is 23.9 Å². The molecule has 3 heterocycles. The number of carboxylic acid groups (broad SMARTS) is 2. The van der Waals surface area contributed by atoms with Crippen LogP contribution in [0, 0.1) is 0 Å². The van der Waals surface area contributed by atoms with Crippen LogP contribution in [0.25, 0.3) is 11.0 Å². The zero-order valence-electron chi connectivity index (χ0n) is 18.0. The number of thiophene rings is 1. The summed E-state index contributed by atoms with van der Waals surface area (Å²) in [6.07, 6.45) is 3.67. The SMILES string of the molecule is CCC(CCc1c[nH]c2nc(N)nc(N)c12)c1ccc(C(=O)N[C@@H](CCC(=O)O)C(=O)O)s1. The van der Waals surface area contributed by atoms with E-state index in [4.69, 9.17) is 16.6 Å². The molecule has 11 nitrogen and oxygen atoms in total. The second-order valence-electron chi connectivity index (χ2n) is 7.65. The number of nitrogen functional groups attached to an aromatic ring is 2. The predicted molar refractivity (Wildman–Crippen MR) is 124 cm³/mol. The zero-order chi connectivity index (χ0) is 24.1. The van der Waals surface area contributed by atoms with Gasteiger partial charge in [-0.05, 0) is 49.3 Å². The van der Waals surface area contributed by atoms with Crippen molar-refractivity contribution in [2.75, 3.05) is 11.5 Å². The average molecular weight is 475 g/mol. The second kappa shape index (κ2) is 10.3. The lowest BCUT2D eigenvalue weighted by atomic mass is 9.96. The van der Waals surface area contributed by atoms with Crippen LogP contribution in [0.2, 0.25) is 0 Å². The highest BCUT2D eigenvalue weighted by Crippen LogP contribution is 2.33. The Balaban J connectivity index is 1.67. The molecule has 3 rings (SSSR count). The molecule has 33 heavy (non-hydrogen) atoms. The molecular weight excluding hydrogens is 448 g/mol. The number of nitrogens with zero attached hydrogens (tertiary/aromatic N) is 2. The number of nitrogens with two attached hydrogens (primary N) is 2. The van der Waals surface area contributed by atoms with Crippen LogP contribution >= 0.6 is 11.3 Å². The lowest BCUT2D eigenvalue weighted by Crippen LogP contribution is -2.40. The van der Waals surface area contributed by atoms with Crippen molar-refractivity contribution in [3.63, 3.8) is 0 Å². The third-order valence-corrected chi connectivity index (χ3v) is 6.66. The minimum absolute atomic E-state index is 0.109. The van der Waals surface area contributed by atoms with Gasteiger partial charge in [0.1, 0.15) is 17.5 Å². The average Bonchev–Trinajstić information content (AvgIpc) is 3.39. The van der Waals surface area contributed by atoms with Gasteiger partial charge in [0.05, 0.1) is 10.3 Å². The Labute approximate surface area is 193 Å². The Hall–Kier alpha value is -3.67. The summed E-state index contributed by atoms with van der Waals surface area (Å²) in [5.41, 5.74) is 13.2. The molecule has 2 atom stereocenters. The maximum absolute atomic E-state index is 12.5. The number of aromatic amines is 1. The van der Waals surface area contributed by atoms with Crippen molar-refractivity contribution in [3.05, 3.63) is 33.6 Å². The van der Waals surface area contributed by atoms with E-state index in [0.717, 1.165) is 28.7 Å². The lowest BCUT2D eigenvalue weighted by Gasteiger charge is -2.14. The van der Waals surface area contributed by atoms with Gasteiger partial charge in [-0.15, -0.1) is 11.3 Å². The van der Waals surface area contributed by atoms with E-state index >= 15 is 0 Å². The summed E-state index contributed by atoms with van der Waals surface area (Å²) in [4.78, 5) is 47.2. The molecule has 3 aromatic rings. The number of carbonyl (C=O) groups excluding carboxylic acids is 1. The summed E-state index contributed by atoms with van der Waals surface area (Å²) in [7, 11) is 0. The first-order valence-electron chi connectivity index (χ1n) is 10.4. The Morgan fingerprint density at radius 3 is 2.61 bits per heavy atom. The van der Waals surface area contributed by atoms with Crippen molar-refractivity contribution in [1.82, 2.24) is 20.3 Å². The fourth-order valence-corrected chi connectivity index (χ4v) is 4.80. The molecule has 0 aromatic carbocycles. The van der Waals surface area contributed by atoms with Crippen LogP contribution in [0.15, 0.2) is 18.3 Å². The molecule has 3 aromatic heterocycles. The second-order valence-corrected chi connectivity index (χ2v) is 8.76. The van der Waals surface area contributed by atoms with Crippen molar-refractivity contribution >= 4 is 52.0 Å². The van der Waals surface area contributed by atoms with E-state index in [1.54, 1.807) is 6.07 Å². The summed E-state index contributed by atoms with van der Waals surface area (Å²) >= 11 is 1.30. The van der Waals surface area contributed by atoms with E-state index in [1.165, 1.54) is 11.3 Å².